The number of nitrogens with one attached hydrogen (secondary N) is 2. The van der Waals surface area contributed by atoms with Crippen LogP contribution in [0.25, 0.3) is 5.70 Å². The Morgan fingerprint density at radius 1 is 1.54 bits per heavy atom. The van der Waals surface area contributed by atoms with E-state index in [1.807, 2.05) is 19.2 Å². The Morgan fingerprint density at radius 3 is 3.38 bits per heavy atom. The van der Waals surface area contributed by atoms with E-state index in [0.717, 1.165) is 23.1 Å². The molecule has 1 unspecified atom stereocenters. The summed E-state index contributed by atoms with van der Waals surface area (Å²) in [5, 5.41) is 4.45. The highest BCUT2D eigenvalue weighted by molar-refractivity contribution is 5.91. The zero-order chi connectivity index (χ0) is 8.84. The Kier molecular flexibility index (Phi) is 1.17. The maximum Gasteiger partial charge on any atom is 0.134 e. The van der Waals surface area contributed by atoms with E-state index in [4.69, 9.17) is 0 Å². The number of aromatic nitrogens is 1. The van der Waals surface area contributed by atoms with Crippen molar-refractivity contribution in [1.29, 1.82) is 0 Å². The largest absolute Gasteiger partial charge is 0.346 e. The topological polar surface area (TPSA) is 52.5 Å². The summed E-state index contributed by atoms with van der Waals surface area (Å²) in [7, 11) is 0. The summed E-state index contributed by atoms with van der Waals surface area (Å²) >= 11 is 0. The van der Waals surface area contributed by atoms with E-state index in [0.29, 0.717) is 0 Å². The van der Waals surface area contributed by atoms with Gasteiger partial charge in [0.05, 0.1) is 18.1 Å². The van der Waals surface area contributed by atoms with Gasteiger partial charge in [-0.3, -0.25) is 9.98 Å². The second-order valence-corrected chi connectivity index (χ2v) is 3.35. The molecule has 66 valence electrons. The van der Waals surface area contributed by atoms with Gasteiger partial charge in [0.25, 0.3) is 0 Å². The molecule has 0 saturated heterocycles. The number of H-pyrrole nitrogens is 1. The van der Waals surface area contributed by atoms with Crippen molar-refractivity contribution < 1.29 is 0 Å². The summed E-state index contributed by atoms with van der Waals surface area (Å²) in [5.74, 6) is 0.990. The summed E-state index contributed by atoms with van der Waals surface area (Å²) in [6, 6.07) is 2.27. The fourth-order valence-electron chi connectivity index (χ4n) is 1.87. The van der Waals surface area contributed by atoms with Crippen molar-refractivity contribution in [2.45, 2.75) is 13.0 Å². The molecule has 1 aromatic heterocycles. The molecule has 0 fully saturated rings. The number of nitrogens with zero attached hydrogens (tertiary/aromatic N) is 2. The Morgan fingerprint density at radius 2 is 2.46 bits per heavy atom. The molecule has 0 amide bonds. The molecule has 0 radical (unpaired) electrons. The first kappa shape index (κ1) is 6.88. The van der Waals surface area contributed by atoms with E-state index in [1.165, 1.54) is 5.70 Å². The Balaban J connectivity index is 2.32. The fraction of sp³-hybridized carbons (Fsp3) is 0.333. The third-order valence-electron chi connectivity index (χ3n) is 2.44. The predicted molar refractivity (Wildman–Crippen MR) is 49.9 cm³/mol. The predicted octanol–water partition coefficient (Wildman–Crippen LogP) is -0.854. The van der Waals surface area contributed by atoms with Crippen LogP contribution in [0.4, 0.5) is 0 Å². The third kappa shape index (κ3) is 0.854. The van der Waals surface area contributed by atoms with Crippen molar-refractivity contribution in [3.63, 3.8) is 0 Å². The van der Waals surface area contributed by atoms with Crippen molar-refractivity contribution in [3.8, 4) is 0 Å². The number of amidine groups is 1. The smallest absolute Gasteiger partial charge is 0.134 e. The number of fused-ring (bicyclic) bond motifs is 2. The molecule has 0 saturated carbocycles. The quantitative estimate of drug-likeness (QED) is 0.528. The molecular formula is C9H10N4. The van der Waals surface area contributed by atoms with Gasteiger partial charge in [0.1, 0.15) is 11.5 Å². The van der Waals surface area contributed by atoms with Gasteiger partial charge in [-0.05, 0) is 13.0 Å². The SMILES string of the molecule is CC1=NC2CN=c3[nH]ccc3=C2N1. The Hall–Kier alpha value is -1.58. The third-order valence-corrected chi connectivity index (χ3v) is 2.44. The lowest BCUT2D eigenvalue weighted by Gasteiger charge is -2.09. The molecule has 0 bridgehead atoms. The highest BCUT2D eigenvalue weighted by Crippen LogP contribution is 2.11. The van der Waals surface area contributed by atoms with E-state index in [2.05, 4.69) is 20.3 Å². The van der Waals surface area contributed by atoms with Crippen molar-refractivity contribution in [3.05, 3.63) is 23.0 Å². The zero-order valence-electron chi connectivity index (χ0n) is 7.33. The van der Waals surface area contributed by atoms with Crippen molar-refractivity contribution in [1.82, 2.24) is 10.3 Å². The average molecular weight is 174 g/mol. The molecule has 1 atom stereocenters. The average Bonchev–Trinajstić information content (AvgIpc) is 2.65. The number of hydrogen-bond acceptors (Lipinski definition) is 3. The first-order valence-electron chi connectivity index (χ1n) is 4.38. The lowest BCUT2D eigenvalue weighted by Crippen LogP contribution is -2.38. The van der Waals surface area contributed by atoms with Gasteiger partial charge in [0, 0.05) is 11.4 Å². The normalized spacial score (nSPS) is 24.2. The number of rotatable bonds is 0. The Bertz CT molecular complexity index is 494. The van der Waals surface area contributed by atoms with Crippen LogP contribution in [-0.2, 0) is 0 Å². The second-order valence-electron chi connectivity index (χ2n) is 3.35. The second kappa shape index (κ2) is 2.22. The van der Waals surface area contributed by atoms with Crippen molar-refractivity contribution >= 4 is 11.5 Å². The van der Waals surface area contributed by atoms with Crippen LogP contribution < -0.4 is 16.0 Å². The lowest BCUT2D eigenvalue weighted by molar-refractivity contribution is 0.796. The van der Waals surface area contributed by atoms with Gasteiger partial charge < -0.3 is 10.3 Å². The molecule has 0 spiro atoms. The molecule has 3 rings (SSSR count). The number of aromatic amines is 1. The first-order valence-corrected chi connectivity index (χ1v) is 4.38. The monoisotopic (exact) mass is 174 g/mol. The van der Waals surface area contributed by atoms with Crippen LogP contribution in [0.5, 0.6) is 0 Å². The van der Waals surface area contributed by atoms with Gasteiger partial charge in [-0.2, -0.15) is 0 Å². The van der Waals surface area contributed by atoms with E-state index in [9.17, 15) is 0 Å². The van der Waals surface area contributed by atoms with Gasteiger partial charge in [-0.15, -0.1) is 0 Å². The summed E-state index contributed by atoms with van der Waals surface area (Å²) in [6.45, 7) is 2.74. The molecule has 1 aromatic rings. The highest BCUT2D eigenvalue weighted by atomic mass is 15.1. The molecular weight excluding hydrogens is 164 g/mol. The van der Waals surface area contributed by atoms with Crippen molar-refractivity contribution in [2.75, 3.05) is 6.54 Å². The fourth-order valence-corrected chi connectivity index (χ4v) is 1.87. The standard InChI is InChI=1S/C9H10N4/c1-5-12-7-4-11-9-6(2-3-10-9)8(7)13-5/h2-3,7H,4H2,1H3,(H,10,11)(H,12,13). The van der Waals surface area contributed by atoms with Crippen molar-refractivity contribution in [2.24, 2.45) is 9.98 Å². The van der Waals surface area contributed by atoms with Gasteiger partial charge >= 0.3 is 0 Å². The zero-order valence-corrected chi connectivity index (χ0v) is 7.33. The van der Waals surface area contributed by atoms with Gasteiger partial charge in [-0.25, -0.2) is 0 Å². The summed E-state index contributed by atoms with van der Waals surface area (Å²) < 4.78 is 0. The van der Waals surface area contributed by atoms with Gasteiger partial charge in [0.2, 0.25) is 0 Å². The van der Waals surface area contributed by atoms with E-state index in [1.54, 1.807) is 0 Å². The first-order chi connectivity index (χ1) is 6.34. The molecule has 4 heteroatoms. The highest BCUT2D eigenvalue weighted by Gasteiger charge is 2.23. The molecule has 3 heterocycles. The molecule has 0 aliphatic carbocycles. The maximum atomic E-state index is 4.45. The van der Waals surface area contributed by atoms with Crippen LogP contribution in [0.2, 0.25) is 0 Å². The van der Waals surface area contributed by atoms with E-state index >= 15 is 0 Å². The summed E-state index contributed by atoms with van der Waals surface area (Å²) in [6.07, 6.45) is 1.92. The lowest BCUT2D eigenvalue weighted by atomic mass is 10.1. The van der Waals surface area contributed by atoms with Crippen LogP contribution in [0.15, 0.2) is 22.2 Å². The van der Waals surface area contributed by atoms with Crippen LogP contribution in [0.1, 0.15) is 6.92 Å². The maximum absolute atomic E-state index is 4.45. The number of aliphatic imine (C=N–C) groups is 1. The van der Waals surface area contributed by atoms with Crippen LogP contribution in [0, 0.1) is 0 Å². The molecule has 2 aliphatic heterocycles. The Labute approximate surface area is 75.1 Å². The summed E-state index contributed by atoms with van der Waals surface area (Å²) in [4.78, 5) is 12.0. The minimum absolute atomic E-state index is 0.225. The molecule has 2 N–H and O–H groups in total. The molecule has 4 nitrogen and oxygen atoms in total. The summed E-state index contributed by atoms with van der Waals surface area (Å²) in [5.41, 5.74) is 2.17. The van der Waals surface area contributed by atoms with Crippen LogP contribution >= 0.6 is 0 Å². The van der Waals surface area contributed by atoms with Gasteiger partial charge in [-0.1, -0.05) is 0 Å². The molecule has 13 heavy (non-hydrogen) atoms. The minimum atomic E-state index is 0.225. The minimum Gasteiger partial charge on any atom is -0.346 e. The number of hydrogen-bond donors (Lipinski definition) is 2. The van der Waals surface area contributed by atoms with Crippen LogP contribution in [0.3, 0.4) is 0 Å². The van der Waals surface area contributed by atoms with Crippen LogP contribution in [-0.4, -0.2) is 23.4 Å². The van der Waals surface area contributed by atoms with E-state index < -0.39 is 0 Å². The molecule has 2 aliphatic rings. The van der Waals surface area contributed by atoms with Gasteiger partial charge in [0.15, 0.2) is 0 Å². The van der Waals surface area contributed by atoms with E-state index in [-0.39, 0.29) is 6.04 Å². The molecule has 0 aromatic carbocycles.